The van der Waals surface area contributed by atoms with Crippen molar-refractivity contribution in [1.29, 1.82) is 0 Å². The lowest BCUT2D eigenvalue weighted by Gasteiger charge is -2.04. The molecule has 74 valence electrons. The summed E-state index contributed by atoms with van der Waals surface area (Å²) in [5.74, 6) is -0.292. The van der Waals surface area contributed by atoms with E-state index in [0.29, 0.717) is 17.1 Å². The third-order valence-electron chi connectivity index (χ3n) is 1.45. The lowest BCUT2D eigenvalue weighted by molar-refractivity contribution is -0.118. The topological polar surface area (TPSA) is 58.2 Å². The van der Waals surface area contributed by atoms with Crippen LogP contribution in [0, 0.1) is 0 Å². The smallest absolute Gasteiger partial charge is 0.243 e. The van der Waals surface area contributed by atoms with E-state index in [0.717, 1.165) is 0 Å². The Morgan fingerprint density at radius 2 is 2.29 bits per heavy atom. The first-order valence-electron chi connectivity index (χ1n) is 3.95. The first-order valence-corrected chi connectivity index (χ1v) is 4.32. The van der Waals surface area contributed by atoms with Crippen LogP contribution in [-0.2, 0) is 9.59 Å². The summed E-state index contributed by atoms with van der Waals surface area (Å²) in [6.07, 6.45) is 0.470. The van der Waals surface area contributed by atoms with Crippen molar-refractivity contribution in [2.45, 2.75) is 0 Å². The average molecular weight is 213 g/mol. The van der Waals surface area contributed by atoms with E-state index in [-0.39, 0.29) is 12.5 Å². The number of benzene rings is 1. The Hall–Kier alpha value is -1.55. The Bertz CT molecular complexity index is 341. The minimum atomic E-state index is -0.292. The molecule has 1 aromatic rings. The summed E-state index contributed by atoms with van der Waals surface area (Å²) in [6.45, 7) is -0.0456. The molecule has 0 unspecified atom stereocenters. The molecular formula is C9H9ClN2O2. The first kappa shape index (κ1) is 10.5. The number of hydrogen-bond acceptors (Lipinski definition) is 2. The normalized spacial score (nSPS) is 9.21. The maximum atomic E-state index is 11.1. The summed E-state index contributed by atoms with van der Waals surface area (Å²) < 4.78 is 0. The van der Waals surface area contributed by atoms with Crippen LogP contribution >= 0.6 is 11.6 Å². The molecule has 14 heavy (non-hydrogen) atoms. The van der Waals surface area contributed by atoms with Gasteiger partial charge in [0.05, 0.1) is 6.54 Å². The molecule has 0 saturated carbocycles. The highest BCUT2D eigenvalue weighted by atomic mass is 35.5. The second-order valence-corrected chi connectivity index (χ2v) is 2.99. The highest BCUT2D eigenvalue weighted by molar-refractivity contribution is 6.30. The van der Waals surface area contributed by atoms with Crippen LogP contribution in [0.5, 0.6) is 0 Å². The van der Waals surface area contributed by atoms with Gasteiger partial charge in [0.25, 0.3) is 0 Å². The first-order chi connectivity index (χ1) is 6.72. The molecule has 0 aromatic heterocycles. The molecular weight excluding hydrogens is 204 g/mol. The number of nitrogens with one attached hydrogen (secondary N) is 2. The van der Waals surface area contributed by atoms with Crippen molar-refractivity contribution in [3.8, 4) is 0 Å². The van der Waals surface area contributed by atoms with Gasteiger partial charge in [0.1, 0.15) is 0 Å². The molecule has 0 radical (unpaired) electrons. The lowest BCUT2D eigenvalue weighted by Crippen LogP contribution is -2.26. The highest BCUT2D eigenvalue weighted by Gasteiger charge is 2.00. The molecule has 0 fully saturated rings. The second-order valence-electron chi connectivity index (χ2n) is 2.56. The van der Waals surface area contributed by atoms with Crippen molar-refractivity contribution in [2.75, 3.05) is 11.9 Å². The maximum Gasteiger partial charge on any atom is 0.243 e. The number of rotatable bonds is 4. The summed E-state index contributed by atoms with van der Waals surface area (Å²) in [5, 5.41) is 5.38. The van der Waals surface area contributed by atoms with Crippen molar-refractivity contribution in [1.82, 2.24) is 5.32 Å². The molecule has 1 aromatic carbocycles. The summed E-state index contributed by atoms with van der Waals surface area (Å²) in [5.41, 5.74) is 0.607. The average Bonchev–Trinajstić information content (AvgIpc) is 2.15. The molecule has 5 heteroatoms. The van der Waals surface area contributed by atoms with E-state index in [1.807, 2.05) is 0 Å². The molecule has 0 heterocycles. The van der Waals surface area contributed by atoms with E-state index in [1.54, 1.807) is 24.3 Å². The molecule has 2 amide bonds. The van der Waals surface area contributed by atoms with Gasteiger partial charge in [-0.15, -0.1) is 0 Å². The summed E-state index contributed by atoms with van der Waals surface area (Å²) in [7, 11) is 0. The van der Waals surface area contributed by atoms with Crippen LogP contribution in [0.1, 0.15) is 0 Å². The van der Waals surface area contributed by atoms with E-state index in [9.17, 15) is 9.59 Å². The molecule has 4 nitrogen and oxygen atoms in total. The quantitative estimate of drug-likeness (QED) is 0.733. The van der Waals surface area contributed by atoms with Gasteiger partial charge in [0.15, 0.2) is 0 Å². The lowest BCUT2D eigenvalue weighted by atomic mass is 10.3. The van der Waals surface area contributed by atoms with Gasteiger partial charge < -0.3 is 10.6 Å². The SMILES string of the molecule is O=CNCC(=O)Nc1cccc(Cl)c1. The Kier molecular flexibility index (Phi) is 3.94. The zero-order chi connectivity index (χ0) is 10.4. The molecule has 0 aliphatic carbocycles. The Balaban J connectivity index is 2.51. The molecule has 0 aliphatic heterocycles. The van der Waals surface area contributed by atoms with Gasteiger partial charge in [-0.1, -0.05) is 17.7 Å². The predicted molar refractivity (Wildman–Crippen MR) is 54.1 cm³/mol. The van der Waals surface area contributed by atoms with Crippen molar-refractivity contribution < 1.29 is 9.59 Å². The van der Waals surface area contributed by atoms with Crippen LogP contribution in [0.2, 0.25) is 5.02 Å². The van der Waals surface area contributed by atoms with E-state index in [2.05, 4.69) is 10.6 Å². The fourth-order valence-electron chi connectivity index (χ4n) is 0.906. The van der Waals surface area contributed by atoms with Crippen molar-refractivity contribution in [3.63, 3.8) is 0 Å². The third kappa shape index (κ3) is 3.45. The van der Waals surface area contributed by atoms with Crippen LogP contribution < -0.4 is 10.6 Å². The van der Waals surface area contributed by atoms with Gasteiger partial charge in [0, 0.05) is 10.7 Å². The van der Waals surface area contributed by atoms with Crippen molar-refractivity contribution >= 4 is 29.6 Å². The zero-order valence-electron chi connectivity index (χ0n) is 7.29. The Morgan fingerprint density at radius 1 is 1.50 bits per heavy atom. The number of amides is 2. The Labute approximate surface area is 86.3 Å². The predicted octanol–water partition coefficient (Wildman–Crippen LogP) is 1.02. The van der Waals surface area contributed by atoms with Gasteiger partial charge in [-0.05, 0) is 18.2 Å². The van der Waals surface area contributed by atoms with Crippen molar-refractivity contribution in [2.24, 2.45) is 0 Å². The van der Waals surface area contributed by atoms with E-state index >= 15 is 0 Å². The zero-order valence-corrected chi connectivity index (χ0v) is 8.04. The van der Waals surface area contributed by atoms with E-state index in [1.165, 1.54) is 0 Å². The minimum absolute atomic E-state index is 0.0456. The van der Waals surface area contributed by atoms with Gasteiger partial charge >= 0.3 is 0 Å². The number of halogens is 1. The molecule has 0 saturated heterocycles. The largest absolute Gasteiger partial charge is 0.350 e. The van der Waals surface area contributed by atoms with Crippen LogP contribution in [0.3, 0.4) is 0 Å². The minimum Gasteiger partial charge on any atom is -0.350 e. The molecule has 0 bridgehead atoms. The molecule has 0 aliphatic rings. The number of carbonyl (C=O) groups excluding carboxylic acids is 2. The molecule has 1 rings (SSSR count). The van der Waals surface area contributed by atoms with E-state index in [4.69, 9.17) is 11.6 Å². The maximum absolute atomic E-state index is 11.1. The van der Waals surface area contributed by atoms with Crippen LogP contribution in [0.4, 0.5) is 5.69 Å². The van der Waals surface area contributed by atoms with Crippen LogP contribution in [-0.4, -0.2) is 18.9 Å². The van der Waals surface area contributed by atoms with E-state index < -0.39 is 0 Å². The number of carbonyl (C=O) groups is 2. The van der Waals surface area contributed by atoms with Crippen LogP contribution in [0.25, 0.3) is 0 Å². The second kappa shape index (κ2) is 5.24. The summed E-state index contributed by atoms with van der Waals surface area (Å²) >= 11 is 5.71. The van der Waals surface area contributed by atoms with Gasteiger partial charge in [0.2, 0.25) is 12.3 Å². The third-order valence-corrected chi connectivity index (χ3v) is 1.69. The monoisotopic (exact) mass is 212 g/mol. The molecule has 0 spiro atoms. The van der Waals surface area contributed by atoms with Gasteiger partial charge in [-0.25, -0.2) is 0 Å². The number of hydrogen-bond donors (Lipinski definition) is 2. The van der Waals surface area contributed by atoms with Gasteiger partial charge in [-0.2, -0.15) is 0 Å². The standard InChI is InChI=1S/C9H9ClN2O2/c10-7-2-1-3-8(4-7)12-9(14)5-11-6-13/h1-4,6H,5H2,(H,11,13)(H,12,14). The summed E-state index contributed by atoms with van der Waals surface area (Å²) in [6, 6.07) is 6.77. The highest BCUT2D eigenvalue weighted by Crippen LogP contribution is 2.14. The molecule has 0 atom stereocenters. The fourth-order valence-corrected chi connectivity index (χ4v) is 1.10. The van der Waals surface area contributed by atoms with Crippen molar-refractivity contribution in [3.05, 3.63) is 29.3 Å². The van der Waals surface area contributed by atoms with Gasteiger partial charge in [-0.3, -0.25) is 9.59 Å². The Morgan fingerprint density at radius 3 is 2.93 bits per heavy atom. The van der Waals surface area contributed by atoms with Crippen LogP contribution in [0.15, 0.2) is 24.3 Å². The number of anilines is 1. The summed E-state index contributed by atoms with van der Waals surface area (Å²) in [4.78, 5) is 21.0. The molecule has 2 N–H and O–H groups in total. The fraction of sp³-hybridized carbons (Fsp3) is 0.111.